The van der Waals surface area contributed by atoms with Gasteiger partial charge in [0.1, 0.15) is 6.04 Å². The molecule has 0 unspecified atom stereocenters. The largest absolute Gasteiger partial charge is 0.453 e. The molecule has 0 saturated carbocycles. The summed E-state index contributed by atoms with van der Waals surface area (Å²) in [6, 6.07) is 22.7. The van der Waals surface area contributed by atoms with Crippen molar-refractivity contribution in [3.05, 3.63) is 102 Å². The Morgan fingerprint density at radius 3 is 1.87 bits per heavy atom. The van der Waals surface area contributed by atoms with Gasteiger partial charge in [-0.25, -0.2) is 13.2 Å². The lowest BCUT2D eigenvalue weighted by atomic mass is 9.84. The Balaban J connectivity index is 1.78. The topological polar surface area (TPSA) is 145 Å². The maximum Gasteiger partial charge on any atom is 0.407 e. The number of benzene rings is 3. The molecule has 3 aromatic rings. The van der Waals surface area contributed by atoms with Crippen LogP contribution in [0.5, 0.6) is 0 Å². The number of carbonyl (C=O) groups is 2. The second kappa shape index (κ2) is 17.8. The van der Waals surface area contributed by atoms with Crippen LogP contribution in [0.1, 0.15) is 69.1 Å². The molecule has 0 aliphatic rings. The van der Waals surface area contributed by atoms with E-state index in [2.05, 4.69) is 10.6 Å². The number of aliphatic hydroxyl groups excluding tert-OH is 2. The third-order valence-electron chi connectivity index (χ3n) is 8.08. The Morgan fingerprint density at radius 1 is 0.848 bits per heavy atom. The number of hydrogen-bond donors (Lipinski definition) is 4. The predicted octanol–water partition coefficient (Wildman–Crippen LogP) is 4.56. The highest BCUT2D eigenvalue weighted by Crippen LogP contribution is 2.29. The van der Waals surface area contributed by atoms with Crippen molar-refractivity contribution in [1.29, 1.82) is 0 Å². The number of sulfonamides is 1. The minimum absolute atomic E-state index is 0.0890. The zero-order valence-corrected chi connectivity index (χ0v) is 27.8. The molecular weight excluding hydrogens is 606 g/mol. The molecule has 46 heavy (non-hydrogen) atoms. The third kappa shape index (κ3) is 9.62. The molecule has 0 aromatic heterocycles. The second-order valence-electron chi connectivity index (χ2n) is 11.5. The van der Waals surface area contributed by atoms with Gasteiger partial charge in [-0.05, 0) is 68.4 Å². The highest BCUT2D eigenvalue weighted by atomic mass is 32.2. The Bertz CT molecular complexity index is 1430. The highest BCUT2D eigenvalue weighted by Gasteiger charge is 2.35. The van der Waals surface area contributed by atoms with Gasteiger partial charge in [0, 0.05) is 24.0 Å². The number of methoxy groups -OCH3 is 1. The van der Waals surface area contributed by atoms with Gasteiger partial charge in [-0.1, -0.05) is 79.7 Å². The zero-order valence-electron chi connectivity index (χ0n) is 27.0. The molecule has 0 aliphatic heterocycles. The molecule has 10 nitrogen and oxygen atoms in total. The average molecular weight is 654 g/mol. The normalized spacial score (nSPS) is 13.8. The van der Waals surface area contributed by atoms with E-state index in [1.807, 2.05) is 67.6 Å². The van der Waals surface area contributed by atoms with Crippen molar-refractivity contribution in [3.8, 4) is 0 Å². The molecule has 3 rings (SSSR count). The van der Waals surface area contributed by atoms with E-state index in [1.54, 1.807) is 26.0 Å². The number of aliphatic hydroxyl groups is 2. The van der Waals surface area contributed by atoms with E-state index in [4.69, 9.17) is 4.74 Å². The zero-order chi connectivity index (χ0) is 33.7. The first kappa shape index (κ1) is 36.7. The van der Waals surface area contributed by atoms with Crippen molar-refractivity contribution < 1.29 is 33.0 Å². The number of hydrogen-bond acceptors (Lipinski definition) is 7. The van der Waals surface area contributed by atoms with Crippen molar-refractivity contribution in [2.45, 2.75) is 88.0 Å². The first-order chi connectivity index (χ1) is 22.1. The summed E-state index contributed by atoms with van der Waals surface area (Å²) in [5.41, 5.74) is 2.31. The molecular formula is C35H47N3O7S. The van der Waals surface area contributed by atoms with Gasteiger partial charge in [0.25, 0.3) is 0 Å². The van der Waals surface area contributed by atoms with Gasteiger partial charge in [-0.2, -0.15) is 4.31 Å². The lowest BCUT2D eigenvalue weighted by Crippen LogP contribution is -2.52. The Morgan fingerprint density at radius 2 is 1.41 bits per heavy atom. The number of carbonyl (C=O) groups excluding carboxylic acids is 2. The fraction of sp³-hybridized carbons (Fsp3) is 0.429. The lowest BCUT2D eigenvalue weighted by molar-refractivity contribution is -0.124. The number of nitrogens with zero attached hydrogens (tertiary/aromatic N) is 1. The van der Waals surface area contributed by atoms with Crippen LogP contribution in [0.2, 0.25) is 0 Å². The van der Waals surface area contributed by atoms with Crippen LogP contribution in [-0.2, 0) is 26.2 Å². The van der Waals surface area contributed by atoms with E-state index in [-0.39, 0.29) is 30.1 Å². The van der Waals surface area contributed by atoms with Crippen molar-refractivity contribution in [2.75, 3.05) is 13.7 Å². The van der Waals surface area contributed by atoms with Gasteiger partial charge in [-0.15, -0.1) is 0 Å². The summed E-state index contributed by atoms with van der Waals surface area (Å²) in [5, 5.41) is 25.5. The van der Waals surface area contributed by atoms with Gasteiger partial charge >= 0.3 is 6.09 Å². The highest BCUT2D eigenvalue weighted by molar-refractivity contribution is 7.89. The van der Waals surface area contributed by atoms with Gasteiger partial charge in [0.2, 0.25) is 15.9 Å². The monoisotopic (exact) mass is 653 g/mol. The molecule has 0 spiro atoms. The molecule has 2 amide bonds. The van der Waals surface area contributed by atoms with Crippen LogP contribution in [0, 0.1) is 0 Å². The molecule has 0 heterocycles. The summed E-state index contributed by atoms with van der Waals surface area (Å²) in [7, 11) is -2.68. The van der Waals surface area contributed by atoms with Crippen molar-refractivity contribution >= 4 is 22.0 Å². The van der Waals surface area contributed by atoms with Crippen LogP contribution in [-0.4, -0.2) is 72.8 Å². The maximum atomic E-state index is 13.9. The van der Waals surface area contributed by atoms with E-state index in [0.29, 0.717) is 31.2 Å². The predicted molar refractivity (Wildman–Crippen MR) is 178 cm³/mol. The first-order valence-corrected chi connectivity index (χ1v) is 17.1. The van der Waals surface area contributed by atoms with Crippen molar-refractivity contribution in [2.24, 2.45) is 0 Å². The minimum atomic E-state index is -3.93. The number of amides is 2. The Hall–Kier alpha value is -3.77. The van der Waals surface area contributed by atoms with Crippen LogP contribution < -0.4 is 10.6 Å². The molecule has 0 fully saturated rings. The molecule has 0 radical (unpaired) electrons. The molecule has 3 atom stereocenters. The molecule has 4 N–H and O–H groups in total. The van der Waals surface area contributed by atoms with Gasteiger partial charge < -0.3 is 25.6 Å². The fourth-order valence-electron chi connectivity index (χ4n) is 5.74. The number of rotatable bonds is 17. The second-order valence-corrected chi connectivity index (χ2v) is 13.4. The van der Waals surface area contributed by atoms with E-state index in [1.165, 1.54) is 23.5 Å². The van der Waals surface area contributed by atoms with Crippen LogP contribution in [0.4, 0.5) is 4.79 Å². The summed E-state index contributed by atoms with van der Waals surface area (Å²) in [5.74, 6) is -0.861. The first-order valence-electron chi connectivity index (χ1n) is 15.7. The van der Waals surface area contributed by atoms with Crippen LogP contribution >= 0.6 is 0 Å². The van der Waals surface area contributed by atoms with Crippen LogP contribution in [0.3, 0.4) is 0 Å². The molecule has 3 aromatic carbocycles. The maximum absolute atomic E-state index is 13.9. The lowest BCUT2D eigenvalue weighted by Gasteiger charge is -2.33. The molecule has 250 valence electrons. The van der Waals surface area contributed by atoms with Gasteiger partial charge in [0.15, 0.2) is 0 Å². The average Bonchev–Trinajstić information content (AvgIpc) is 3.07. The SMILES string of the molecule is CC[C@@H](CCC[C@@H](CO)N(C(C)C)S(=O)(=O)c1ccc(CO)cc1)NC(=O)[C@@H](NC(=O)OC)C(c1ccccc1)c1ccccc1. The smallest absolute Gasteiger partial charge is 0.407 e. The molecule has 0 saturated heterocycles. The summed E-state index contributed by atoms with van der Waals surface area (Å²) < 4.78 is 33.4. The summed E-state index contributed by atoms with van der Waals surface area (Å²) >= 11 is 0. The summed E-state index contributed by atoms with van der Waals surface area (Å²) in [4.78, 5) is 26.5. The van der Waals surface area contributed by atoms with Gasteiger partial charge in [0.05, 0.1) is 25.2 Å². The standard InChI is InChI=1S/C35H47N3O7S/c1-5-29(17-12-18-30(24-40)38(25(2)3)46(43,44)31-21-19-26(23-39)20-22-31)36-34(41)33(37-35(42)45-4)32(27-13-8-6-9-14-27)28-15-10-7-11-16-28/h6-11,13-16,19-22,25,29-30,32-33,39-40H,5,12,17-18,23-24H2,1-4H3,(H,36,41)(H,37,42)/t29-,30-,33-/m0/s1. The fourth-order valence-corrected chi connectivity index (χ4v) is 7.58. The minimum Gasteiger partial charge on any atom is -0.453 e. The molecule has 0 aliphatic carbocycles. The Kier molecular flexibility index (Phi) is 14.2. The quantitative estimate of drug-likeness (QED) is 0.167. The van der Waals surface area contributed by atoms with Crippen LogP contribution in [0.15, 0.2) is 89.8 Å². The third-order valence-corrected chi connectivity index (χ3v) is 10.2. The molecule has 11 heteroatoms. The number of ether oxygens (including phenoxy) is 1. The number of alkyl carbamates (subject to hydrolysis) is 1. The summed E-state index contributed by atoms with van der Waals surface area (Å²) in [6.45, 7) is 4.92. The van der Waals surface area contributed by atoms with Crippen molar-refractivity contribution in [3.63, 3.8) is 0 Å². The summed E-state index contributed by atoms with van der Waals surface area (Å²) in [6.07, 6.45) is 1.31. The van der Waals surface area contributed by atoms with E-state index in [0.717, 1.165) is 11.1 Å². The molecule has 0 bridgehead atoms. The van der Waals surface area contributed by atoms with E-state index < -0.39 is 40.2 Å². The van der Waals surface area contributed by atoms with Crippen molar-refractivity contribution in [1.82, 2.24) is 14.9 Å². The van der Waals surface area contributed by atoms with E-state index in [9.17, 15) is 28.2 Å². The van der Waals surface area contributed by atoms with E-state index >= 15 is 0 Å². The number of nitrogens with one attached hydrogen (secondary N) is 2. The van der Waals surface area contributed by atoms with Crippen LogP contribution in [0.25, 0.3) is 0 Å². The Labute approximate surface area is 272 Å². The van der Waals surface area contributed by atoms with Gasteiger partial charge in [-0.3, -0.25) is 4.79 Å².